The molecule has 0 fully saturated rings. The number of methoxy groups -OCH3 is 1. The van der Waals surface area contributed by atoms with Gasteiger partial charge in [-0.2, -0.15) is 0 Å². The van der Waals surface area contributed by atoms with Crippen LogP contribution in [0, 0.1) is 0 Å². The fourth-order valence-electron chi connectivity index (χ4n) is 2.16. The Balaban J connectivity index is 1.39. The van der Waals surface area contributed by atoms with Crippen molar-refractivity contribution in [2.45, 2.75) is 6.42 Å². The smallest absolute Gasteiger partial charge is 0.226 e. The normalized spacial score (nSPS) is 10.4. The Bertz CT molecular complexity index is 798. The van der Waals surface area contributed by atoms with Crippen LogP contribution >= 0.6 is 22.7 Å². The summed E-state index contributed by atoms with van der Waals surface area (Å²) in [6.07, 6.45) is 0.282. The molecule has 1 N–H and O–H groups in total. The molecule has 1 aromatic carbocycles. The Hall–Kier alpha value is -2.38. The first kappa shape index (κ1) is 17.4. The molecule has 3 aromatic rings. The van der Waals surface area contributed by atoms with Crippen LogP contribution in [-0.4, -0.2) is 31.2 Å². The third-order valence-electron chi connectivity index (χ3n) is 3.38. The van der Waals surface area contributed by atoms with Gasteiger partial charge in [0.05, 0.1) is 30.6 Å². The molecule has 3 rings (SSSR count). The second-order valence-electron chi connectivity index (χ2n) is 5.17. The molecular formula is C18H18N2O3S2. The Morgan fingerprint density at radius 3 is 2.68 bits per heavy atom. The summed E-state index contributed by atoms with van der Waals surface area (Å²) in [4.78, 5) is 17.6. The van der Waals surface area contributed by atoms with Crippen LogP contribution in [0.15, 0.2) is 47.2 Å². The molecule has 0 saturated carbocycles. The molecule has 0 aliphatic heterocycles. The molecule has 0 bridgehead atoms. The SMILES string of the molecule is COc1ccc(OCCNC(=O)Cc2csc(-c3cccs3)n2)cc1. The molecular weight excluding hydrogens is 356 g/mol. The Labute approximate surface area is 154 Å². The maximum Gasteiger partial charge on any atom is 0.226 e. The summed E-state index contributed by atoms with van der Waals surface area (Å²) in [6.45, 7) is 0.863. The summed E-state index contributed by atoms with van der Waals surface area (Å²) in [5.41, 5.74) is 0.793. The number of thiophene rings is 1. The molecule has 25 heavy (non-hydrogen) atoms. The van der Waals surface area contributed by atoms with Crippen molar-refractivity contribution in [1.29, 1.82) is 0 Å². The van der Waals surface area contributed by atoms with E-state index in [4.69, 9.17) is 9.47 Å². The summed E-state index contributed by atoms with van der Waals surface area (Å²) in [5.74, 6) is 1.47. The first-order chi connectivity index (χ1) is 12.2. The third kappa shape index (κ3) is 5.04. The van der Waals surface area contributed by atoms with Crippen LogP contribution in [0.5, 0.6) is 11.5 Å². The topological polar surface area (TPSA) is 60.5 Å². The van der Waals surface area contributed by atoms with Crippen molar-refractivity contribution in [3.63, 3.8) is 0 Å². The molecule has 0 unspecified atom stereocenters. The highest BCUT2D eigenvalue weighted by molar-refractivity contribution is 7.20. The first-order valence-corrected chi connectivity index (χ1v) is 9.52. The second kappa shape index (κ2) is 8.64. The molecule has 2 heterocycles. The van der Waals surface area contributed by atoms with Crippen molar-refractivity contribution in [1.82, 2.24) is 10.3 Å². The number of ether oxygens (including phenoxy) is 2. The second-order valence-corrected chi connectivity index (χ2v) is 6.98. The average Bonchev–Trinajstić information content (AvgIpc) is 3.31. The molecule has 0 radical (unpaired) electrons. The van der Waals surface area contributed by atoms with Crippen LogP contribution in [0.25, 0.3) is 9.88 Å². The lowest BCUT2D eigenvalue weighted by Gasteiger charge is -2.08. The number of carbonyl (C=O) groups excluding carboxylic acids is 1. The molecule has 2 aromatic heterocycles. The van der Waals surface area contributed by atoms with Crippen molar-refractivity contribution < 1.29 is 14.3 Å². The number of nitrogens with one attached hydrogen (secondary N) is 1. The van der Waals surface area contributed by atoms with Crippen LogP contribution in [-0.2, 0) is 11.2 Å². The fraction of sp³-hybridized carbons (Fsp3) is 0.222. The Kier molecular flexibility index (Phi) is 6.03. The molecule has 0 saturated heterocycles. The number of benzene rings is 1. The zero-order valence-corrected chi connectivity index (χ0v) is 15.4. The first-order valence-electron chi connectivity index (χ1n) is 7.76. The number of aromatic nitrogens is 1. The summed E-state index contributed by atoms with van der Waals surface area (Å²) in [5, 5.41) is 7.76. The van der Waals surface area contributed by atoms with Crippen molar-refractivity contribution in [3.8, 4) is 21.4 Å². The molecule has 0 aliphatic carbocycles. The monoisotopic (exact) mass is 374 g/mol. The summed E-state index contributed by atoms with van der Waals surface area (Å²) < 4.78 is 10.7. The molecule has 130 valence electrons. The lowest BCUT2D eigenvalue weighted by molar-refractivity contribution is -0.120. The number of amides is 1. The minimum absolute atomic E-state index is 0.0543. The van der Waals surface area contributed by atoms with E-state index in [1.165, 1.54) is 0 Å². The van der Waals surface area contributed by atoms with Crippen LogP contribution in [0.4, 0.5) is 0 Å². The van der Waals surface area contributed by atoms with E-state index in [0.717, 1.165) is 27.1 Å². The summed E-state index contributed by atoms with van der Waals surface area (Å²) in [7, 11) is 1.62. The minimum atomic E-state index is -0.0543. The maximum atomic E-state index is 12.0. The van der Waals surface area contributed by atoms with E-state index in [1.807, 2.05) is 47.2 Å². The number of nitrogens with zero attached hydrogens (tertiary/aromatic N) is 1. The van der Waals surface area contributed by atoms with Gasteiger partial charge in [-0.3, -0.25) is 4.79 Å². The van der Waals surface area contributed by atoms with E-state index < -0.39 is 0 Å². The molecule has 5 nitrogen and oxygen atoms in total. The van der Waals surface area contributed by atoms with Crippen molar-refractivity contribution in [3.05, 3.63) is 52.9 Å². The van der Waals surface area contributed by atoms with E-state index >= 15 is 0 Å². The quantitative estimate of drug-likeness (QED) is 0.612. The Morgan fingerprint density at radius 1 is 1.16 bits per heavy atom. The van der Waals surface area contributed by atoms with Crippen molar-refractivity contribution in [2.24, 2.45) is 0 Å². The largest absolute Gasteiger partial charge is 0.497 e. The molecule has 1 amide bonds. The Morgan fingerprint density at radius 2 is 1.96 bits per heavy atom. The average molecular weight is 374 g/mol. The number of carbonyl (C=O) groups is 1. The highest BCUT2D eigenvalue weighted by atomic mass is 32.1. The van der Waals surface area contributed by atoms with Gasteiger partial charge in [0.1, 0.15) is 23.1 Å². The van der Waals surface area contributed by atoms with E-state index in [1.54, 1.807) is 29.8 Å². The molecule has 0 aliphatic rings. The van der Waals surface area contributed by atoms with E-state index in [2.05, 4.69) is 10.3 Å². The lowest BCUT2D eigenvalue weighted by atomic mass is 10.3. The molecule has 0 atom stereocenters. The van der Waals surface area contributed by atoms with Gasteiger partial charge in [0.2, 0.25) is 5.91 Å². The van der Waals surface area contributed by atoms with E-state index in [0.29, 0.717) is 13.2 Å². The predicted molar refractivity (Wildman–Crippen MR) is 101 cm³/mol. The lowest BCUT2D eigenvalue weighted by Crippen LogP contribution is -2.29. The predicted octanol–water partition coefficient (Wildman–Crippen LogP) is 3.62. The number of rotatable bonds is 8. The van der Waals surface area contributed by atoms with E-state index in [9.17, 15) is 4.79 Å². The maximum absolute atomic E-state index is 12.0. The van der Waals surface area contributed by atoms with Crippen LogP contribution in [0.2, 0.25) is 0 Å². The third-order valence-corrected chi connectivity index (χ3v) is 5.31. The van der Waals surface area contributed by atoms with Gasteiger partial charge in [-0.05, 0) is 35.7 Å². The number of hydrogen-bond acceptors (Lipinski definition) is 6. The highest BCUT2D eigenvalue weighted by Gasteiger charge is 2.09. The van der Waals surface area contributed by atoms with Gasteiger partial charge in [0.15, 0.2) is 0 Å². The van der Waals surface area contributed by atoms with Crippen LogP contribution in [0.3, 0.4) is 0 Å². The summed E-state index contributed by atoms with van der Waals surface area (Å²) >= 11 is 3.21. The van der Waals surface area contributed by atoms with Gasteiger partial charge in [-0.25, -0.2) is 4.98 Å². The van der Waals surface area contributed by atoms with Gasteiger partial charge in [-0.15, -0.1) is 22.7 Å². The van der Waals surface area contributed by atoms with Crippen molar-refractivity contribution in [2.75, 3.05) is 20.3 Å². The van der Waals surface area contributed by atoms with Gasteiger partial charge >= 0.3 is 0 Å². The number of hydrogen-bond donors (Lipinski definition) is 1. The minimum Gasteiger partial charge on any atom is -0.497 e. The molecule has 7 heteroatoms. The van der Waals surface area contributed by atoms with Gasteiger partial charge in [-0.1, -0.05) is 6.07 Å². The van der Waals surface area contributed by atoms with Gasteiger partial charge in [0.25, 0.3) is 0 Å². The fourth-order valence-corrected chi connectivity index (χ4v) is 3.79. The molecule has 0 spiro atoms. The summed E-state index contributed by atoms with van der Waals surface area (Å²) in [6, 6.07) is 11.4. The van der Waals surface area contributed by atoms with Gasteiger partial charge < -0.3 is 14.8 Å². The van der Waals surface area contributed by atoms with Crippen molar-refractivity contribution >= 4 is 28.6 Å². The number of thiazole rings is 1. The zero-order chi connectivity index (χ0) is 17.5. The van der Waals surface area contributed by atoms with E-state index in [-0.39, 0.29) is 12.3 Å². The van der Waals surface area contributed by atoms with Crippen LogP contribution in [0.1, 0.15) is 5.69 Å². The van der Waals surface area contributed by atoms with Gasteiger partial charge in [0, 0.05) is 5.38 Å². The highest BCUT2D eigenvalue weighted by Crippen LogP contribution is 2.27. The zero-order valence-electron chi connectivity index (χ0n) is 13.7. The van der Waals surface area contributed by atoms with Crippen LogP contribution < -0.4 is 14.8 Å². The standard InChI is InChI=1S/C18H18N2O3S2/c1-22-14-4-6-15(7-5-14)23-9-8-19-17(21)11-13-12-25-18(20-13)16-3-2-10-24-16/h2-7,10,12H,8-9,11H2,1H3,(H,19,21).